The summed E-state index contributed by atoms with van der Waals surface area (Å²) in [5.41, 5.74) is 1.80. The van der Waals surface area contributed by atoms with E-state index in [0.29, 0.717) is 24.3 Å². The van der Waals surface area contributed by atoms with Gasteiger partial charge in [-0.2, -0.15) is 9.57 Å². The van der Waals surface area contributed by atoms with Crippen molar-refractivity contribution in [3.8, 4) is 6.07 Å². The van der Waals surface area contributed by atoms with Crippen molar-refractivity contribution in [1.82, 2.24) is 14.2 Å². The molecule has 1 N–H and O–H groups in total. The van der Waals surface area contributed by atoms with Crippen LogP contribution in [0.15, 0.2) is 65.7 Å². The van der Waals surface area contributed by atoms with Gasteiger partial charge in [0, 0.05) is 36.8 Å². The number of aromatic nitrogens is 1. The van der Waals surface area contributed by atoms with Crippen LogP contribution in [0.5, 0.6) is 0 Å². The van der Waals surface area contributed by atoms with E-state index in [9.17, 15) is 13.2 Å². The van der Waals surface area contributed by atoms with Crippen LogP contribution in [0.1, 0.15) is 19.4 Å². The lowest BCUT2D eigenvalue weighted by atomic mass is 10.1. The first-order valence-corrected chi connectivity index (χ1v) is 12.1. The Kier molecular flexibility index (Phi) is 6.42. The number of piperazine rings is 1. The number of benzene rings is 2. The predicted molar refractivity (Wildman–Crippen MR) is 126 cm³/mol. The van der Waals surface area contributed by atoms with Gasteiger partial charge in [-0.1, -0.05) is 12.1 Å². The zero-order valence-corrected chi connectivity index (χ0v) is 19.3. The normalized spacial score (nSPS) is 19.8. The highest BCUT2D eigenvalue weighted by Gasteiger charge is 2.38. The molecule has 0 saturated carbocycles. The Bertz CT molecular complexity index is 1320. The lowest BCUT2D eigenvalue weighted by molar-refractivity contribution is -0.118. The summed E-state index contributed by atoms with van der Waals surface area (Å²) in [7, 11) is -3.77. The van der Waals surface area contributed by atoms with Crippen LogP contribution in [0.2, 0.25) is 0 Å². The monoisotopic (exact) mass is 463 g/mol. The fraction of sp³-hybridized carbons (Fsp3) is 0.292. The average molecular weight is 464 g/mol. The van der Waals surface area contributed by atoms with Crippen LogP contribution in [-0.4, -0.2) is 60.2 Å². The second-order valence-corrected chi connectivity index (χ2v) is 10.1. The van der Waals surface area contributed by atoms with Gasteiger partial charge in [0.05, 0.1) is 34.3 Å². The molecule has 1 aliphatic rings. The van der Waals surface area contributed by atoms with E-state index >= 15 is 0 Å². The third-order valence-electron chi connectivity index (χ3n) is 5.74. The number of rotatable bonds is 5. The molecule has 1 amide bonds. The van der Waals surface area contributed by atoms with Crippen LogP contribution in [0.4, 0.5) is 5.69 Å². The summed E-state index contributed by atoms with van der Waals surface area (Å²) >= 11 is 0. The van der Waals surface area contributed by atoms with Crippen molar-refractivity contribution in [2.75, 3.05) is 25.0 Å². The van der Waals surface area contributed by atoms with Gasteiger partial charge < -0.3 is 5.32 Å². The van der Waals surface area contributed by atoms with E-state index in [2.05, 4.69) is 10.3 Å². The minimum Gasteiger partial charge on any atom is -0.324 e. The predicted octanol–water partition coefficient (Wildman–Crippen LogP) is 2.83. The number of hydrogen-bond acceptors (Lipinski definition) is 6. The molecule has 33 heavy (non-hydrogen) atoms. The molecule has 0 radical (unpaired) electrons. The lowest BCUT2D eigenvalue weighted by Gasteiger charge is -2.43. The summed E-state index contributed by atoms with van der Waals surface area (Å²) in [5.74, 6) is -0.163. The Balaban J connectivity index is 1.45. The van der Waals surface area contributed by atoms with Crippen LogP contribution in [-0.2, 0) is 14.8 Å². The summed E-state index contributed by atoms with van der Waals surface area (Å²) in [6, 6.07) is 16.7. The van der Waals surface area contributed by atoms with E-state index < -0.39 is 10.0 Å². The van der Waals surface area contributed by atoms with E-state index in [4.69, 9.17) is 5.26 Å². The maximum atomic E-state index is 13.3. The highest BCUT2D eigenvalue weighted by Crippen LogP contribution is 2.26. The van der Waals surface area contributed by atoms with Gasteiger partial charge in [-0.05, 0) is 56.3 Å². The van der Waals surface area contributed by atoms with Crippen LogP contribution >= 0.6 is 0 Å². The maximum Gasteiger partial charge on any atom is 0.243 e. The molecule has 0 bridgehead atoms. The smallest absolute Gasteiger partial charge is 0.243 e. The zero-order chi connectivity index (χ0) is 23.6. The van der Waals surface area contributed by atoms with Crippen molar-refractivity contribution in [3.05, 3.63) is 66.4 Å². The standard InChI is InChI=1S/C24H25N5O3S/c1-17-14-28(16-24(30)27-23-10-4-9-22-21(23)8-5-11-26-22)15-18(2)29(17)33(31,32)20-7-3-6-19(12-20)13-25/h3-12,17-18H,14-16H2,1-2H3,(H,27,30)/t17-,18+. The summed E-state index contributed by atoms with van der Waals surface area (Å²) in [6.07, 6.45) is 1.71. The number of anilines is 1. The SMILES string of the molecule is C[C@@H]1CN(CC(=O)Nc2cccc3ncccc23)C[C@H](C)N1S(=O)(=O)c1cccc(C#N)c1. The molecule has 0 spiro atoms. The number of nitrogens with one attached hydrogen (secondary N) is 1. The molecule has 170 valence electrons. The maximum absolute atomic E-state index is 13.3. The Morgan fingerprint density at radius 1 is 1.12 bits per heavy atom. The first kappa shape index (κ1) is 22.9. The van der Waals surface area contributed by atoms with E-state index in [1.54, 1.807) is 18.3 Å². The second-order valence-electron chi connectivity index (χ2n) is 8.29. The molecule has 4 rings (SSSR count). The Hall–Kier alpha value is -3.32. The van der Waals surface area contributed by atoms with Gasteiger partial charge in [-0.3, -0.25) is 14.7 Å². The van der Waals surface area contributed by atoms with E-state index in [1.165, 1.54) is 16.4 Å². The number of fused-ring (bicyclic) bond motifs is 1. The van der Waals surface area contributed by atoms with Crippen molar-refractivity contribution in [2.24, 2.45) is 0 Å². The molecule has 8 nitrogen and oxygen atoms in total. The Labute approximate surface area is 193 Å². The van der Waals surface area contributed by atoms with Gasteiger partial charge in [0.15, 0.2) is 0 Å². The van der Waals surface area contributed by atoms with Gasteiger partial charge >= 0.3 is 0 Å². The van der Waals surface area contributed by atoms with Gasteiger partial charge in [-0.25, -0.2) is 8.42 Å². The van der Waals surface area contributed by atoms with Gasteiger partial charge in [0.2, 0.25) is 15.9 Å². The molecule has 9 heteroatoms. The van der Waals surface area contributed by atoms with Gasteiger partial charge in [0.1, 0.15) is 0 Å². The number of nitrogens with zero attached hydrogens (tertiary/aromatic N) is 4. The number of nitriles is 1. The number of carbonyl (C=O) groups excluding carboxylic acids is 1. The van der Waals surface area contributed by atoms with Crippen molar-refractivity contribution >= 4 is 32.5 Å². The molecule has 3 aromatic rings. The fourth-order valence-electron chi connectivity index (χ4n) is 4.47. The molecule has 2 heterocycles. The second kappa shape index (κ2) is 9.27. The van der Waals surface area contributed by atoms with Crippen molar-refractivity contribution < 1.29 is 13.2 Å². The summed E-state index contributed by atoms with van der Waals surface area (Å²) in [4.78, 5) is 19.2. The van der Waals surface area contributed by atoms with E-state index in [0.717, 1.165) is 10.9 Å². The summed E-state index contributed by atoms with van der Waals surface area (Å²) in [6.45, 7) is 4.67. The Morgan fingerprint density at radius 3 is 2.58 bits per heavy atom. The first-order chi connectivity index (χ1) is 15.8. The molecule has 1 aliphatic heterocycles. The van der Waals surface area contributed by atoms with Crippen molar-refractivity contribution in [1.29, 1.82) is 5.26 Å². The van der Waals surface area contributed by atoms with Crippen LogP contribution < -0.4 is 5.32 Å². The topological polar surface area (TPSA) is 106 Å². The number of carbonyl (C=O) groups is 1. The molecular formula is C24H25N5O3S. The first-order valence-electron chi connectivity index (χ1n) is 10.7. The minimum absolute atomic E-state index is 0.107. The minimum atomic E-state index is -3.77. The number of pyridine rings is 1. The van der Waals surface area contributed by atoms with Gasteiger partial charge in [0.25, 0.3) is 0 Å². The van der Waals surface area contributed by atoms with E-state index in [1.807, 2.05) is 55.1 Å². The number of amides is 1. The molecule has 1 saturated heterocycles. The highest BCUT2D eigenvalue weighted by atomic mass is 32.2. The third kappa shape index (κ3) is 4.73. The average Bonchev–Trinajstić information content (AvgIpc) is 2.78. The van der Waals surface area contributed by atoms with E-state index in [-0.39, 0.29) is 29.4 Å². The number of sulfonamides is 1. The van der Waals surface area contributed by atoms with Crippen LogP contribution in [0.25, 0.3) is 10.9 Å². The molecule has 1 aromatic heterocycles. The Morgan fingerprint density at radius 2 is 1.85 bits per heavy atom. The summed E-state index contributed by atoms with van der Waals surface area (Å²) in [5, 5.41) is 12.9. The molecule has 2 atom stereocenters. The molecule has 2 aromatic carbocycles. The molecule has 0 unspecified atom stereocenters. The molecule has 0 aliphatic carbocycles. The third-order valence-corrected chi connectivity index (χ3v) is 7.86. The van der Waals surface area contributed by atoms with Crippen LogP contribution in [0, 0.1) is 11.3 Å². The highest BCUT2D eigenvalue weighted by molar-refractivity contribution is 7.89. The van der Waals surface area contributed by atoms with Crippen molar-refractivity contribution in [2.45, 2.75) is 30.8 Å². The van der Waals surface area contributed by atoms with Crippen molar-refractivity contribution in [3.63, 3.8) is 0 Å². The molecular weight excluding hydrogens is 438 g/mol. The fourth-order valence-corrected chi connectivity index (χ4v) is 6.32. The lowest BCUT2D eigenvalue weighted by Crippen LogP contribution is -2.59. The van der Waals surface area contributed by atoms with Crippen LogP contribution in [0.3, 0.4) is 0 Å². The largest absolute Gasteiger partial charge is 0.324 e. The van der Waals surface area contributed by atoms with Gasteiger partial charge in [-0.15, -0.1) is 0 Å². The number of hydrogen-bond donors (Lipinski definition) is 1. The quantitative estimate of drug-likeness (QED) is 0.624. The summed E-state index contributed by atoms with van der Waals surface area (Å²) < 4.78 is 28.0. The molecule has 1 fully saturated rings. The zero-order valence-electron chi connectivity index (χ0n) is 18.5.